The van der Waals surface area contributed by atoms with Crippen molar-refractivity contribution in [3.63, 3.8) is 0 Å². The molecule has 0 unspecified atom stereocenters. The number of methoxy groups -OCH3 is 1. The van der Waals surface area contributed by atoms with E-state index in [0.29, 0.717) is 31.7 Å². The Balaban J connectivity index is 1.67. The van der Waals surface area contributed by atoms with Gasteiger partial charge in [-0.05, 0) is 42.0 Å². The molecule has 0 aliphatic carbocycles. The summed E-state index contributed by atoms with van der Waals surface area (Å²) in [6, 6.07) is 12.7. The third-order valence-corrected chi connectivity index (χ3v) is 5.16. The highest BCUT2D eigenvalue weighted by molar-refractivity contribution is 5.89. The molecule has 1 atom stereocenters. The lowest BCUT2D eigenvalue weighted by Crippen LogP contribution is -2.55. The van der Waals surface area contributed by atoms with Crippen molar-refractivity contribution in [1.82, 2.24) is 4.90 Å². The minimum atomic E-state index is -2.88. The predicted octanol–water partition coefficient (Wildman–Crippen LogP) is 4.00. The van der Waals surface area contributed by atoms with Gasteiger partial charge in [-0.1, -0.05) is 12.1 Å². The van der Waals surface area contributed by atoms with Crippen molar-refractivity contribution in [3.8, 4) is 5.75 Å². The highest BCUT2D eigenvalue weighted by Gasteiger charge is 2.28. The summed E-state index contributed by atoms with van der Waals surface area (Å²) in [6.07, 6.45) is 0. The lowest BCUT2D eigenvalue weighted by atomic mass is 10.1. The van der Waals surface area contributed by atoms with Crippen molar-refractivity contribution in [3.05, 3.63) is 59.7 Å². The Bertz CT molecular complexity index is 865. The molecule has 1 aliphatic heterocycles. The van der Waals surface area contributed by atoms with Crippen LogP contribution in [0, 0.1) is 0 Å². The Labute approximate surface area is 183 Å². The second-order valence-electron chi connectivity index (χ2n) is 7.24. The van der Waals surface area contributed by atoms with E-state index in [9.17, 15) is 22.4 Å². The SMILES string of the molecule is COC(=O)c1ccc(N2CCN(Cc3ccc(OC(F)F)cc3)C[C@H]2COC(F)F)cc1. The molecule has 1 saturated heterocycles. The van der Waals surface area contributed by atoms with Crippen molar-refractivity contribution >= 4 is 11.7 Å². The quantitative estimate of drug-likeness (QED) is 0.420. The van der Waals surface area contributed by atoms with Crippen LogP contribution >= 0.6 is 0 Å². The molecule has 3 rings (SSSR count). The van der Waals surface area contributed by atoms with Crippen molar-refractivity contribution in [2.75, 3.05) is 38.3 Å². The average Bonchev–Trinajstić information content (AvgIpc) is 2.78. The lowest BCUT2D eigenvalue weighted by Gasteiger charge is -2.42. The molecule has 0 radical (unpaired) electrons. The van der Waals surface area contributed by atoms with E-state index in [1.165, 1.54) is 19.2 Å². The van der Waals surface area contributed by atoms with Gasteiger partial charge in [0.15, 0.2) is 0 Å². The number of ether oxygens (including phenoxy) is 3. The number of alkyl halides is 4. The van der Waals surface area contributed by atoms with Crippen molar-refractivity contribution in [1.29, 1.82) is 0 Å². The van der Waals surface area contributed by atoms with Gasteiger partial charge in [0.1, 0.15) is 5.75 Å². The molecule has 1 fully saturated rings. The molecule has 0 amide bonds. The molecule has 0 aromatic heterocycles. The van der Waals surface area contributed by atoms with Gasteiger partial charge in [-0.15, -0.1) is 0 Å². The van der Waals surface area contributed by atoms with Crippen LogP contribution in [0.5, 0.6) is 5.75 Å². The van der Waals surface area contributed by atoms with E-state index in [4.69, 9.17) is 4.74 Å². The van der Waals surface area contributed by atoms with E-state index < -0.39 is 19.2 Å². The summed E-state index contributed by atoms with van der Waals surface area (Å²) in [5.41, 5.74) is 2.07. The van der Waals surface area contributed by atoms with Gasteiger partial charge < -0.3 is 19.1 Å². The number of esters is 1. The van der Waals surface area contributed by atoms with E-state index in [-0.39, 0.29) is 18.4 Å². The summed E-state index contributed by atoms with van der Waals surface area (Å²) in [7, 11) is 1.30. The molecule has 10 heteroatoms. The number of hydrogen-bond donors (Lipinski definition) is 0. The molecule has 32 heavy (non-hydrogen) atoms. The molecule has 0 N–H and O–H groups in total. The van der Waals surface area contributed by atoms with E-state index >= 15 is 0 Å². The standard InChI is InChI=1S/C22H24F4N2O4/c1-30-20(29)16-4-6-17(7-5-16)28-11-10-27(13-18(28)14-31-21(23)24)12-15-2-8-19(9-3-15)32-22(25)26/h2-9,18,21-22H,10-14H2,1H3/t18-/m0/s1. The first-order chi connectivity index (χ1) is 15.4. The Hall–Kier alpha value is -2.85. The van der Waals surface area contributed by atoms with Crippen LogP contribution in [0.1, 0.15) is 15.9 Å². The van der Waals surface area contributed by atoms with Crippen LogP contribution in [0.2, 0.25) is 0 Å². The van der Waals surface area contributed by atoms with E-state index in [0.717, 1.165) is 11.3 Å². The number of piperazine rings is 1. The Kier molecular flexibility index (Phi) is 8.29. The van der Waals surface area contributed by atoms with Crippen LogP contribution in [0.15, 0.2) is 48.5 Å². The van der Waals surface area contributed by atoms with E-state index in [1.54, 1.807) is 36.4 Å². The number of halogens is 4. The molecule has 0 bridgehead atoms. The number of hydrogen-bond acceptors (Lipinski definition) is 6. The largest absolute Gasteiger partial charge is 0.465 e. The highest BCUT2D eigenvalue weighted by atomic mass is 19.3. The van der Waals surface area contributed by atoms with Crippen LogP contribution in [0.3, 0.4) is 0 Å². The topological polar surface area (TPSA) is 51.2 Å². The lowest BCUT2D eigenvalue weighted by molar-refractivity contribution is -0.134. The van der Waals surface area contributed by atoms with Crippen LogP contribution in [-0.4, -0.2) is 63.5 Å². The fraction of sp³-hybridized carbons (Fsp3) is 0.409. The third kappa shape index (κ3) is 6.57. The van der Waals surface area contributed by atoms with Crippen molar-refractivity contribution < 1.29 is 36.6 Å². The molecule has 1 aliphatic rings. The molecular formula is C22H24F4N2O4. The van der Waals surface area contributed by atoms with Gasteiger partial charge in [0, 0.05) is 31.9 Å². The monoisotopic (exact) mass is 456 g/mol. The molecule has 174 valence electrons. The zero-order valence-corrected chi connectivity index (χ0v) is 17.4. The first-order valence-electron chi connectivity index (χ1n) is 9.96. The van der Waals surface area contributed by atoms with Gasteiger partial charge in [-0.25, -0.2) is 4.79 Å². The summed E-state index contributed by atoms with van der Waals surface area (Å²) in [4.78, 5) is 15.7. The van der Waals surface area contributed by atoms with Crippen molar-refractivity contribution in [2.24, 2.45) is 0 Å². The minimum absolute atomic E-state index is 0.0761. The number of nitrogens with zero attached hydrogens (tertiary/aromatic N) is 2. The highest BCUT2D eigenvalue weighted by Crippen LogP contribution is 2.24. The summed E-state index contributed by atoms with van der Waals surface area (Å²) >= 11 is 0. The van der Waals surface area contributed by atoms with Gasteiger partial charge in [0.2, 0.25) is 0 Å². The number of anilines is 1. The molecule has 6 nitrogen and oxygen atoms in total. The fourth-order valence-corrected chi connectivity index (χ4v) is 3.67. The van der Waals surface area contributed by atoms with Crippen LogP contribution in [0.25, 0.3) is 0 Å². The zero-order chi connectivity index (χ0) is 23.1. The maximum Gasteiger partial charge on any atom is 0.387 e. The van der Waals surface area contributed by atoms with Gasteiger partial charge >= 0.3 is 19.2 Å². The van der Waals surface area contributed by atoms with Crippen LogP contribution in [-0.2, 0) is 16.0 Å². The fourth-order valence-electron chi connectivity index (χ4n) is 3.67. The zero-order valence-electron chi connectivity index (χ0n) is 17.4. The molecular weight excluding hydrogens is 432 g/mol. The first kappa shape index (κ1) is 23.8. The number of carbonyl (C=O) groups excluding carboxylic acids is 1. The normalized spacial score (nSPS) is 17.1. The van der Waals surface area contributed by atoms with Crippen LogP contribution < -0.4 is 9.64 Å². The smallest absolute Gasteiger partial charge is 0.387 e. The Morgan fingerprint density at radius 1 is 1.00 bits per heavy atom. The van der Waals surface area contributed by atoms with Gasteiger partial charge in [0.25, 0.3) is 0 Å². The summed E-state index contributed by atoms with van der Waals surface area (Å²) in [5, 5.41) is 0. The summed E-state index contributed by atoms with van der Waals surface area (Å²) in [5.74, 6) is -0.379. The first-order valence-corrected chi connectivity index (χ1v) is 9.96. The third-order valence-electron chi connectivity index (χ3n) is 5.16. The average molecular weight is 456 g/mol. The van der Waals surface area contributed by atoms with Gasteiger partial charge in [-0.3, -0.25) is 4.90 Å². The molecule has 2 aromatic rings. The molecule has 2 aromatic carbocycles. The number of benzene rings is 2. The maximum atomic E-state index is 12.7. The van der Waals surface area contributed by atoms with Crippen molar-refractivity contribution in [2.45, 2.75) is 25.8 Å². The van der Waals surface area contributed by atoms with Gasteiger partial charge in [0.05, 0.1) is 25.3 Å². The Morgan fingerprint density at radius 2 is 1.69 bits per heavy atom. The van der Waals surface area contributed by atoms with E-state index in [2.05, 4.69) is 14.4 Å². The molecule has 0 spiro atoms. The number of carbonyl (C=O) groups is 1. The summed E-state index contributed by atoms with van der Waals surface area (Å²) in [6.45, 7) is -3.74. The van der Waals surface area contributed by atoms with Gasteiger partial charge in [-0.2, -0.15) is 17.6 Å². The van der Waals surface area contributed by atoms with Crippen LogP contribution in [0.4, 0.5) is 23.2 Å². The predicted molar refractivity (Wildman–Crippen MR) is 109 cm³/mol. The minimum Gasteiger partial charge on any atom is -0.465 e. The Morgan fingerprint density at radius 3 is 2.28 bits per heavy atom. The maximum absolute atomic E-state index is 12.7. The number of rotatable bonds is 9. The molecule has 0 saturated carbocycles. The van der Waals surface area contributed by atoms with E-state index in [1.807, 2.05) is 4.90 Å². The molecule has 1 heterocycles. The second-order valence-corrected chi connectivity index (χ2v) is 7.24. The second kappa shape index (κ2) is 11.1. The summed E-state index contributed by atoms with van der Waals surface area (Å²) < 4.78 is 63.7.